The van der Waals surface area contributed by atoms with E-state index in [1.807, 2.05) is 23.1 Å². The minimum atomic E-state index is -3.76. The highest BCUT2D eigenvalue weighted by molar-refractivity contribution is 7.91. The van der Waals surface area contributed by atoms with Crippen LogP contribution in [0.4, 0.5) is 5.82 Å². The largest absolute Gasteiger partial charge is 0.351 e. The fraction of sp³-hybridized carbons (Fsp3) is 0.263. The van der Waals surface area contributed by atoms with Gasteiger partial charge in [-0.3, -0.25) is 0 Å². The first-order valence-electron chi connectivity index (χ1n) is 8.61. The van der Waals surface area contributed by atoms with Crippen LogP contribution in [0, 0.1) is 0 Å². The lowest BCUT2D eigenvalue weighted by Gasteiger charge is -2.33. The molecule has 1 aliphatic heterocycles. The van der Waals surface area contributed by atoms with Crippen LogP contribution in [-0.2, 0) is 9.84 Å². The number of hydrogen-bond acceptors (Lipinski definition) is 6. The van der Waals surface area contributed by atoms with Crippen molar-refractivity contribution in [2.45, 2.75) is 22.9 Å². The number of rotatable bonds is 3. The highest BCUT2D eigenvalue weighted by Crippen LogP contribution is 2.29. The van der Waals surface area contributed by atoms with Gasteiger partial charge in [-0.1, -0.05) is 30.3 Å². The summed E-state index contributed by atoms with van der Waals surface area (Å²) in [4.78, 5) is 11.4. The second-order valence-electron chi connectivity index (χ2n) is 6.46. The maximum absolute atomic E-state index is 13.3. The summed E-state index contributed by atoms with van der Waals surface area (Å²) in [5.41, 5.74) is 1.27. The van der Waals surface area contributed by atoms with Crippen molar-refractivity contribution < 1.29 is 8.42 Å². The van der Waals surface area contributed by atoms with Crippen LogP contribution in [0.15, 0.2) is 64.5 Å². The standard InChI is InChI=1S/C19H20N4O2S/c1-14-13-23(12-11-20-14)18-19(22-17-10-6-5-9-16(17)21-18)26(24,25)15-7-3-2-4-8-15/h2-10,14,20H,11-13H2,1H3. The number of para-hydroxylation sites is 2. The summed E-state index contributed by atoms with van der Waals surface area (Å²) in [6.07, 6.45) is 0. The van der Waals surface area contributed by atoms with Gasteiger partial charge < -0.3 is 10.2 Å². The van der Waals surface area contributed by atoms with Crippen molar-refractivity contribution in [2.75, 3.05) is 24.5 Å². The fourth-order valence-electron chi connectivity index (χ4n) is 3.20. The molecule has 1 N–H and O–H groups in total. The van der Waals surface area contributed by atoms with Gasteiger partial charge in [-0.2, -0.15) is 0 Å². The van der Waals surface area contributed by atoms with Gasteiger partial charge in [-0.05, 0) is 31.2 Å². The number of benzene rings is 2. The molecule has 2 aromatic carbocycles. The lowest BCUT2D eigenvalue weighted by molar-refractivity contribution is 0.479. The summed E-state index contributed by atoms with van der Waals surface area (Å²) < 4.78 is 26.6. The number of anilines is 1. The number of aromatic nitrogens is 2. The van der Waals surface area contributed by atoms with Gasteiger partial charge in [-0.15, -0.1) is 0 Å². The zero-order valence-electron chi connectivity index (χ0n) is 14.5. The Morgan fingerprint density at radius 3 is 2.35 bits per heavy atom. The van der Waals surface area contributed by atoms with Crippen LogP contribution in [0.25, 0.3) is 11.0 Å². The van der Waals surface area contributed by atoms with E-state index in [1.54, 1.807) is 36.4 Å². The van der Waals surface area contributed by atoms with Gasteiger partial charge in [-0.25, -0.2) is 18.4 Å². The van der Waals surface area contributed by atoms with Crippen LogP contribution < -0.4 is 10.2 Å². The summed E-state index contributed by atoms with van der Waals surface area (Å²) in [6, 6.07) is 16.0. The minimum Gasteiger partial charge on any atom is -0.351 e. The molecule has 6 nitrogen and oxygen atoms in total. The summed E-state index contributed by atoms with van der Waals surface area (Å²) in [5, 5.41) is 3.39. The Labute approximate surface area is 152 Å². The van der Waals surface area contributed by atoms with Crippen LogP contribution in [0.2, 0.25) is 0 Å². The maximum atomic E-state index is 13.3. The Balaban J connectivity index is 1.93. The van der Waals surface area contributed by atoms with Crippen LogP contribution in [0.1, 0.15) is 6.92 Å². The smallest absolute Gasteiger partial charge is 0.227 e. The maximum Gasteiger partial charge on any atom is 0.227 e. The molecule has 1 saturated heterocycles. The first-order valence-corrected chi connectivity index (χ1v) is 10.1. The van der Waals surface area contributed by atoms with Crippen molar-refractivity contribution in [1.29, 1.82) is 0 Å². The number of nitrogens with one attached hydrogen (secondary N) is 1. The van der Waals surface area contributed by atoms with Crippen molar-refractivity contribution in [3.05, 3.63) is 54.6 Å². The molecule has 0 saturated carbocycles. The molecule has 0 spiro atoms. The molecule has 1 unspecified atom stereocenters. The first-order chi connectivity index (χ1) is 12.6. The average Bonchev–Trinajstić information content (AvgIpc) is 2.67. The van der Waals surface area contributed by atoms with E-state index in [0.717, 1.165) is 6.54 Å². The van der Waals surface area contributed by atoms with Crippen molar-refractivity contribution in [3.63, 3.8) is 0 Å². The Bertz CT molecular complexity index is 1040. The van der Waals surface area contributed by atoms with Crippen molar-refractivity contribution in [3.8, 4) is 0 Å². The number of hydrogen-bond donors (Lipinski definition) is 1. The Hall–Kier alpha value is -2.51. The number of fused-ring (bicyclic) bond motifs is 1. The Morgan fingerprint density at radius 1 is 1.00 bits per heavy atom. The molecule has 1 aromatic heterocycles. The zero-order chi connectivity index (χ0) is 18.1. The topological polar surface area (TPSA) is 75.2 Å². The van der Waals surface area contributed by atoms with Crippen molar-refractivity contribution in [2.24, 2.45) is 0 Å². The predicted molar refractivity (Wildman–Crippen MR) is 101 cm³/mol. The van der Waals surface area contributed by atoms with Gasteiger partial charge in [0.15, 0.2) is 5.82 Å². The van der Waals surface area contributed by atoms with E-state index in [-0.39, 0.29) is 16.0 Å². The summed E-state index contributed by atoms with van der Waals surface area (Å²) in [5.74, 6) is 0.431. The third kappa shape index (κ3) is 3.04. The molecule has 1 fully saturated rings. The number of piperazine rings is 1. The summed E-state index contributed by atoms with van der Waals surface area (Å²) in [6.45, 7) is 4.23. The SMILES string of the molecule is CC1CN(c2nc3ccccc3nc2S(=O)(=O)c2ccccc2)CCN1. The van der Waals surface area contributed by atoms with E-state index >= 15 is 0 Å². The summed E-state index contributed by atoms with van der Waals surface area (Å²) in [7, 11) is -3.76. The fourth-order valence-corrected chi connectivity index (χ4v) is 4.57. The normalized spacial score (nSPS) is 18.2. The van der Waals surface area contributed by atoms with Gasteiger partial charge in [0.2, 0.25) is 14.9 Å². The molecule has 0 amide bonds. The van der Waals surface area contributed by atoms with Crippen LogP contribution in [0.3, 0.4) is 0 Å². The van der Waals surface area contributed by atoms with Crippen molar-refractivity contribution >= 4 is 26.7 Å². The molecule has 1 atom stereocenters. The molecule has 1 aliphatic rings. The molecule has 3 aromatic rings. The molecule has 26 heavy (non-hydrogen) atoms. The van der Waals surface area contributed by atoms with E-state index in [2.05, 4.69) is 22.2 Å². The van der Waals surface area contributed by atoms with E-state index in [9.17, 15) is 8.42 Å². The van der Waals surface area contributed by atoms with Gasteiger partial charge in [0, 0.05) is 25.7 Å². The lowest BCUT2D eigenvalue weighted by atomic mass is 10.2. The molecule has 0 radical (unpaired) electrons. The second-order valence-corrected chi connectivity index (χ2v) is 8.32. The average molecular weight is 368 g/mol. The van der Waals surface area contributed by atoms with Gasteiger partial charge in [0.05, 0.1) is 15.9 Å². The zero-order valence-corrected chi connectivity index (χ0v) is 15.3. The van der Waals surface area contributed by atoms with Crippen molar-refractivity contribution in [1.82, 2.24) is 15.3 Å². The molecule has 134 valence electrons. The third-order valence-electron chi connectivity index (χ3n) is 4.50. The van der Waals surface area contributed by atoms with E-state index in [1.165, 1.54) is 0 Å². The number of nitrogens with zero attached hydrogens (tertiary/aromatic N) is 3. The van der Waals surface area contributed by atoms with Crippen LogP contribution >= 0.6 is 0 Å². The third-order valence-corrected chi connectivity index (χ3v) is 6.17. The first kappa shape index (κ1) is 16.9. The molecular formula is C19H20N4O2S. The van der Waals surface area contributed by atoms with Gasteiger partial charge in [0.1, 0.15) is 0 Å². The highest BCUT2D eigenvalue weighted by atomic mass is 32.2. The van der Waals surface area contributed by atoms with E-state index in [0.29, 0.717) is 29.9 Å². The predicted octanol–water partition coefficient (Wildman–Crippen LogP) is 2.26. The van der Waals surface area contributed by atoms with E-state index in [4.69, 9.17) is 0 Å². The monoisotopic (exact) mass is 368 g/mol. The summed E-state index contributed by atoms with van der Waals surface area (Å²) >= 11 is 0. The van der Waals surface area contributed by atoms with Gasteiger partial charge >= 0.3 is 0 Å². The molecule has 2 heterocycles. The quantitative estimate of drug-likeness (QED) is 0.764. The van der Waals surface area contributed by atoms with Crippen LogP contribution in [0.5, 0.6) is 0 Å². The second kappa shape index (κ2) is 6.66. The Morgan fingerprint density at radius 2 is 1.65 bits per heavy atom. The number of sulfone groups is 1. The molecule has 0 bridgehead atoms. The van der Waals surface area contributed by atoms with Crippen LogP contribution in [-0.4, -0.2) is 44.1 Å². The molecule has 7 heteroatoms. The van der Waals surface area contributed by atoms with Gasteiger partial charge in [0.25, 0.3) is 0 Å². The minimum absolute atomic E-state index is 0.0245. The molecular weight excluding hydrogens is 348 g/mol. The molecule has 0 aliphatic carbocycles. The molecule has 4 rings (SSSR count). The van der Waals surface area contributed by atoms with E-state index < -0.39 is 9.84 Å². The lowest BCUT2D eigenvalue weighted by Crippen LogP contribution is -2.50. The highest BCUT2D eigenvalue weighted by Gasteiger charge is 2.29. The Kier molecular flexibility index (Phi) is 4.34.